The first kappa shape index (κ1) is 12.9. The quantitative estimate of drug-likeness (QED) is 0.678. The van der Waals surface area contributed by atoms with Crippen molar-refractivity contribution in [2.45, 2.75) is 27.2 Å². The van der Waals surface area contributed by atoms with E-state index in [4.69, 9.17) is 11.0 Å². The van der Waals surface area contributed by atoms with E-state index in [0.29, 0.717) is 19.5 Å². The lowest BCUT2D eigenvalue weighted by Gasteiger charge is -2.17. The van der Waals surface area contributed by atoms with Crippen LogP contribution in [-0.4, -0.2) is 19.0 Å². The highest BCUT2D eigenvalue weighted by Crippen LogP contribution is 2.11. The predicted octanol–water partition coefficient (Wildman–Crippen LogP) is 0.637. The largest absolute Gasteiger partial charge is 0.354 e. The summed E-state index contributed by atoms with van der Waals surface area (Å²) in [6.45, 7) is 6.32. The molecule has 0 bridgehead atoms. The Morgan fingerprint density at radius 1 is 1.64 bits per heavy atom. The van der Waals surface area contributed by atoms with Gasteiger partial charge in [0.15, 0.2) is 0 Å². The van der Waals surface area contributed by atoms with Crippen LogP contribution < -0.4 is 11.1 Å². The van der Waals surface area contributed by atoms with E-state index in [1.54, 1.807) is 13.8 Å². The van der Waals surface area contributed by atoms with Gasteiger partial charge in [-0.25, -0.2) is 0 Å². The van der Waals surface area contributed by atoms with Gasteiger partial charge in [0.2, 0.25) is 5.91 Å². The highest BCUT2D eigenvalue weighted by Gasteiger charge is 2.19. The third kappa shape index (κ3) is 4.83. The maximum atomic E-state index is 11.4. The van der Waals surface area contributed by atoms with Crippen LogP contribution in [0.3, 0.4) is 0 Å². The lowest BCUT2D eigenvalue weighted by molar-refractivity contribution is -0.124. The number of nitrogens with zero attached hydrogens (tertiary/aromatic N) is 1. The zero-order valence-electron chi connectivity index (χ0n) is 9.13. The van der Waals surface area contributed by atoms with Gasteiger partial charge in [-0.05, 0) is 26.8 Å². The van der Waals surface area contributed by atoms with Gasteiger partial charge in [-0.1, -0.05) is 6.92 Å². The molecule has 0 rings (SSSR count). The summed E-state index contributed by atoms with van der Waals surface area (Å²) in [6, 6.07) is 2.13. The molecular weight excluding hydrogens is 178 g/mol. The first-order valence-electron chi connectivity index (χ1n) is 4.82. The zero-order chi connectivity index (χ0) is 11.2. The molecule has 0 heterocycles. The van der Waals surface area contributed by atoms with Crippen LogP contribution in [0.2, 0.25) is 0 Å². The second-order valence-electron chi connectivity index (χ2n) is 4.19. The van der Waals surface area contributed by atoms with Crippen molar-refractivity contribution in [3.05, 3.63) is 0 Å². The summed E-state index contributed by atoms with van der Waals surface area (Å²) in [5, 5.41) is 11.5. The molecule has 0 aliphatic carbocycles. The molecule has 0 aromatic heterocycles. The Balaban J connectivity index is 3.92. The summed E-state index contributed by atoms with van der Waals surface area (Å²) in [5.41, 5.74) is 4.84. The molecule has 3 N–H and O–H groups in total. The molecule has 0 aliphatic heterocycles. The summed E-state index contributed by atoms with van der Waals surface area (Å²) >= 11 is 0. The molecule has 1 atom stereocenters. The van der Waals surface area contributed by atoms with Crippen LogP contribution in [0.1, 0.15) is 27.2 Å². The van der Waals surface area contributed by atoms with E-state index in [1.165, 1.54) is 0 Å². The fourth-order valence-corrected chi connectivity index (χ4v) is 0.903. The molecule has 0 fully saturated rings. The number of nitriles is 1. The van der Waals surface area contributed by atoms with Crippen molar-refractivity contribution >= 4 is 5.91 Å². The van der Waals surface area contributed by atoms with Gasteiger partial charge in [-0.2, -0.15) is 5.26 Å². The van der Waals surface area contributed by atoms with Gasteiger partial charge in [-0.3, -0.25) is 4.79 Å². The molecule has 0 aliphatic rings. The van der Waals surface area contributed by atoms with Crippen LogP contribution >= 0.6 is 0 Å². The van der Waals surface area contributed by atoms with E-state index in [9.17, 15) is 4.79 Å². The molecule has 0 saturated heterocycles. The van der Waals surface area contributed by atoms with Gasteiger partial charge < -0.3 is 11.1 Å². The molecular formula is C10H19N3O. The topological polar surface area (TPSA) is 78.9 Å². The number of nitrogens with one attached hydrogen (secondary N) is 1. The van der Waals surface area contributed by atoms with Crippen molar-refractivity contribution in [3.8, 4) is 6.07 Å². The van der Waals surface area contributed by atoms with Crippen molar-refractivity contribution < 1.29 is 4.79 Å². The van der Waals surface area contributed by atoms with E-state index in [1.807, 2.05) is 6.92 Å². The van der Waals surface area contributed by atoms with E-state index >= 15 is 0 Å². The van der Waals surface area contributed by atoms with Crippen LogP contribution in [0, 0.1) is 22.7 Å². The molecule has 0 radical (unpaired) electrons. The number of nitrogens with two attached hydrogens (primary N) is 1. The van der Waals surface area contributed by atoms with Crippen LogP contribution in [0.5, 0.6) is 0 Å². The SMILES string of the molecule is CC(CCN)C(=O)NCC(C)(C)C#N. The molecule has 4 heteroatoms. The van der Waals surface area contributed by atoms with Crippen LogP contribution in [0.25, 0.3) is 0 Å². The Kier molecular flexibility index (Phi) is 5.18. The highest BCUT2D eigenvalue weighted by atomic mass is 16.1. The maximum absolute atomic E-state index is 11.4. The van der Waals surface area contributed by atoms with E-state index < -0.39 is 5.41 Å². The van der Waals surface area contributed by atoms with Crippen LogP contribution in [-0.2, 0) is 4.79 Å². The minimum atomic E-state index is -0.502. The standard InChI is InChI=1S/C10H19N3O/c1-8(4-5-11)9(14)13-7-10(2,3)6-12/h8H,4-5,7,11H2,1-3H3,(H,13,14). The fraction of sp³-hybridized carbons (Fsp3) is 0.800. The molecule has 4 nitrogen and oxygen atoms in total. The van der Waals surface area contributed by atoms with Crippen molar-refractivity contribution in [2.75, 3.05) is 13.1 Å². The van der Waals surface area contributed by atoms with Gasteiger partial charge in [0, 0.05) is 12.5 Å². The molecule has 0 saturated carbocycles. The van der Waals surface area contributed by atoms with Crippen molar-refractivity contribution in [1.82, 2.24) is 5.32 Å². The van der Waals surface area contributed by atoms with Crippen LogP contribution in [0.15, 0.2) is 0 Å². The predicted molar refractivity (Wildman–Crippen MR) is 55.2 cm³/mol. The first-order chi connectivity index (χ1) is 6.43. The minimum Gasteiger partial charge on any atom is -0.354 e. The highest BCUT2D eigenvalue weighted by molar-refractivity contribution is 5.78. The molecule has 1 amide bonds. The Morgan fingerprint density at radius 2 is 2.21 bits per heavy atom. The van der Waals surface area contributed by atoms with Crippen molar-refractivity contribution in [3.63, 3.8) is 0 Å². The van der Waals surface area contributed by atoms with Crippen molar-refractivity contribution in [2.24, 2.45) is 17.1 Å². The molecule has 14 heavy (non-hydrogen) atoms. The third-order valence-corrected chi connectivity index (χ3v) is 2.05. The molecule has 80 valence electrons. The van der Waals surface area contributed by atoms with Crippen molar-refractivity contribution in [1.29, 1.82) is 5.26 Å². The second-order valence-corrected chi connectivity index (χ2v) is 4.19. The number of hydrogen-bond donors (Lipinski definition) is 2. The zero-order valence-corrected chi connectivity index (χ0v) is 9.13. The number of rotatable bonds is 5. The summed E-state index contributed by atoms with van der Waals surface area (Å²) in [5.74, 6) is -0.103. The molecule has 0 aromatic carbocycles. The monoisotopic (exact) mass is 197 g/mol. The summed E-state index contributed by atoms with van der Waals surface area (Å²) in [6.07, 6.45) is 0.679. The van der Waals surface area contributed by atoms with E-state index in [0.717, 1.165) is 0 Å². The van der Waals surface area contributed by atoms with Gasteiger partial charge in [0.1, 0.15) is 0 Å². The summed E-state index contributed by atoms with van der Waals surface area (Å²) in [7, 11) is 0. The fourth-order valence-electron chi connectivity index (χ4n) is 0.903. The lowest BCUT2D eigenvalue weighted by atomic mass is 9.95. The lowest BCUT2D eigenvalue weighted by Crippen LogP contribution is -2.36. The Morgan fingerprint density at radius 3 is 2.64 bits per heavy atom. The van der Waals surface area contributed by atoms with Gasteiger partial charge in [0.05, 0.1) is 11.5 Å². The average molecular weight is 197 g/mol. The number of carbonyl (C=O) groups is 1. The van der Waals surface area contributed by atoms with Gasteiger partial charge in [-0.15, -0.1) is 0 Å². The third-order valence-electron chi connectivity index (χ3n) is 2.05. The smallest absolute Gasteiger partial charge is 0.222 e. The Bertz CT molecular complexity index is 230. The average Bonchev–Trinajstić information content (AvgIpc) is 2.15. The number of carbonyl (C=O) groups excluding carboxylic acids is 1. The van der Waals surface area contributed by atoms with Gasteiger partial charge >= 0.3 is 0 Å². The van der Waals surface area contributed by atoms with Crippen LogP contribution in [0.4, 0.5) is 0 Å². The van der Waals surface area contributed by atoms with E-state index in [-0.39, 0.29) is 11.8 Å². The summed E-state index contributed by atoms with van der Waals surface area (Å²) in [4.78, 5) is 11.4. The molecule has 1 unspecified atom stereocenters. The molecule has 0 spiro atoms. The second kappa shape index (κ2) is 5.61. The normalized spacial score (nSPS) is 13.1. The Labute approximate surface area is 85.5 Å². The molecule has 0 aromatic rings. The van der Waals surface area contributed by atoms with E-state index in [2.05, 4.69) is 11.4 Å². The summed E-state index contributed by atoms with van der Waals surface area (Å²) < 4.78 is 0. The first-order valence-corrected chi connectivity index (χ1v) is 4.82. The number of amides is 1. The van der Waals surface area contributed by atoms with Gasteiger partial charge in [0.25, 0.3) is 0 Å². The Hall–Kier alpha value is -1.08. The maximum Gasteiger partial charge on any atom is 0.222 e. The minimum absolute atomic E-state index is 0.0289. The number of hydrogen-bond acceptors (Lipinski definition) is 3.